The smallest absolute Gasteiger partial charge is 0.325 e. The third kappa shape index (κ3) is 3.15. The molecule has 0 aromatic carbocycles. The predicted octanol–water partition coefficient (Wildman–Crippen LogP) is 1.77. The molecule has 1 aromatic heterocycles. The molecular formula is C11H14BrN3O2. The number of halogens is 1. The van der Waals surface area contributed by atoms with Crippen molar-refractivity contribution in [3.05, 3.63) is 17.0 Å². The Balaban J connectivity index is 2.12. The molecule has 1 saturated carbocycles. The summed E-state index contributed by atoms with van der Waals surface area (Å²) in [5, 5.41) is 0. The SMILES string of the molecule is CCOC(=O)CN(c1ncncc1Br)C1CC1. The molecule has 2 rings (SSSR count). The molecule has 1 aromatic rings. The molecule has 0 spiro atoms. The summed E-state index contributed by atoms with van der Waals surface area (Å²) >= 11 is 3.40. The minimum absolute atomic E-state index is 0.218. The molecule has 0 radical (unpaired) electrons. The summed E-state index contributed by atoms with van der Waals surface area (Å²) in [6.45, 7) is 2.45. The number of hydrogen-bond acceptors (Lipinski definition) is 5. The first-order valence-electron chi connectivity index (χ1n) is 5.60. The van der Waals surface area contributed by atoms with Crippen LogP contribution in [0.5, 0.6) is 0 Å². The van der Waals surface area contributed by atoms with Gasteiger partial charge in [-0.25, -0.2) is 9.97 Å². The zero-order chi connectivity index (χ0) is 12.3. The van der Waals surface area contributed by atoms with Crippen molar-refractivity contribution >= 4 is 27.7 Å². The van der Waals surface area contributed by atoms with E-state index >= 15 is 0 Å². The van der Waals surface area contributed by atoms with Crippen molar-refractivity contribution in [3.8, 4) is 0 Å². The monoisotopic (exact) mass is 299 g/mol. The van der Waals surface area contributed by atoms with Crippen molar-refractivity contribution in [2.45, 2.75) is 25.8 Å². The molecule has 0 aliphatic heterocycles. The molecule has 17 heavy (non-hydrogen) atoms. The third-order valence-electron chi connectivity index (χ3n) is 2.51. The maximum Gasteiger partial charge on any atom is 0.325 e. The van der Waals surface area contributed by atoms with E-state index in [1.54, 1.807) is 13.1 Å². The van der Waals surface area contributed by atoms with Crippen LogP contribution in [0.4, 0.5) is 5.82 Å². The topological polar surface area (TPSA) is 55.3 Å². The van der Waals surface area contributed by atoms with Gasteiger partial charge in [0.05, 0.1) is 11.1 Å². The summed E-state index contributed by atoms with van der Waals surface area (Å²) in [6, 6.07) is 0.394. The quantitative estimate of drug-likeness (QED) is 0.776. The van der Waals surface area contributed by atoms with Crippen LogP contribution in [0.25, 0.3) is 0 Å². The van der Waals surface area contributed by atoms with Crippen LogP contribution >= 0.6 is 15.9 Å². The van der Waals surface area contributed by atoms with Crippen molar-refractivity contribution < 1.29 is 9.53 Å². The van der Waals surface area contributed by atoms with Gasteiger partial charge < -0.3 is 9.64 Å². The maximum absolute atomic E-state index is 11.5. The lowest BCUT2D eigenvalue weighted by Crippen LogP contribution is -2.33. The van der Waals surface area contributed by atoms with Gasteiger partial charge >= 0.3 is 5.97 Å². The highest BCUT2D eigenvalue weighted by molar-refractivity contribution is 9.10. The summed E-state index contributed by atoms with van der Waals surface area (Å²) < 4.78 is 5.77. The molecule has 1 aliphatic carbocycles. The first-order valence-corrected chi connectivity index (χ1v) is 6.39. The highest BCUT2D eigenvalue weighted by Gasteiger charge is 2.32. The molecule has 0 N–H and O–H groups in total. The molecule has 1 aliphatic rings. The average Bonchev–Trinajstić information content (AvgIpc) is 3.11. The highest BCUT2D eigenvalue weighted by atomic mass is 79.9. The fourth-order valence-electron chi connectivity index (χ4n) is 1.63. The molecule has 0 unspecified atom stereocenters. The lowest BCUT2D eigenvalue weighted by Gasteiger charge is -2.22. The molecule has 0 saturated heterocycles. The van der Waals surface area contributed by atoms with E-state index in [1.165, 1.54) is 6.33 Å². The Bertz CT molecular complexity index is 409. The standard InChI is InChI=1S/C11H14BrN3O2/c1-2-17-10(16)6-15(8-3-4-8)11-9(12)5-13-7-14-11/h5,7-8H,2-4,6H2,1H3. The van der Waals surface area contributed by atoms with Crippen LogP contribution in [0.1, 0.15) is 19.8 Å². The van der Waals surface area contributed by atoms with Crippen molar-refractivity contribution in [3.63, 3.8) is 0 Å². The zero-order valence-electron chi connectivity index (χ0n) is 9.60. The van der Waals surface area contributed by atoms with Crippen molar-refractivity contribution in [1.29, 1.82) is 0 Å². The van der Waals surface area contributed by atoms with Crippen LogP contribution in [0.15, 0.2) is 17.0 Å². The van der Waals surface area contributed by atoms with Crippen LogP contribution in [0.2, 0.25) is 0 Å². The predicted molar refractivity (Wildman–Crippen MR) is 66.7 cm³/mol. The Morgan fingerprint density at radius 1 is 1.65 bits per heavy atom. The van der Waals surface area contributed by atoms with Gasteiger partial charge in [0.15, 0.2) is 0 Å². The van der Waals surface area contributed by atoms with Crippen molar-refractivity contribution in [2.75, 3.05) is 18.1 Å². The average molecular weight is 300 g/mol. The van der Waals surface area contributed by atoms with Gasteiger partial charge in [-0.1, -0.05) is 0 Å². The number of carbonyl (C=O) groups excluding carboxylic acids is 1. The first-order chi connectivity index (χ1) is 8.22. The molecule has 92 valence electrons. The zero-order valence-corrected chi connectivity index (χ0v) is 11.2. The minimum Gasteiger partial charge on any atom is -0.465 e. The van der Waals surface area contributed by atoms with Crippen LogP contribution in [0, 0.1) is 0 Å². The summed E-state index contributed by atoms with van der Waals surface area (Å²) in [4.78, 5) is 21.7. The fourth-order valence-corrected chi connectivity index (χ4v) is 2.07. The first kappa shape index (κ1) is 12.3. The van der Waals surface area contributed by atoms with Gasteiger partial charge in [-0.05, 0) is 35.7 Å². The number of carbonyl (C=O) groups is 1. The van der Waals surface area contributed by atoms with Gasteiger partial charge in [-0.15, -0.1) is 0 Å². The molecule has 1 fully saturated rings. The Morgan fingerprint density at radius 3 is 3.00 bits per heavy atom. The summed E-state index contributed by atoms with van der Waals surface area (Å²) in [7, 11) is 0. The molecule has 0 amide bonds. The summed E-state index contributed by atoms with van der Waals surface area (Å²) in [6.07, 6.45) is 5.36. The van der Waals surface area contributed by atoms with Gasteiger partial charge in [-0.2, -0.15) is 0 Å². The molecule has 0 atom stereocenters. The molecule has 0 bridgehead atoms. The van der Waals surface area contributed by atoms with E-state index in [4.69, 9.17) is 4.74 Å². The molecule has 1 heterocycles. The van der Waals surface area contributed by atoms with E-state index in [9.17, 15) is 4.79 Å². The van der Waals surface area contributed by atoms with E-state index in [0.717, 1.165) is 23.1 Å². The van der Waals surface area contributed by atoms with Crippen molar-refractivity contribution in [1.82, 2.24) is 9.97 Å². The minimum atomic E-state index is -0.218. The van der Waals surface area contributed by atoms with Gasteiger partial charge in [0.2, 0.25) is 0 Å². The van der Waals surface area contributed by atoms with E-state index in [1.807, 2.05) is 4.90 Å². The van der Waals surface area contributed by atoms with Gasteiger partial charge in [0, 0.05) is 12.2 Å². The molecular weight excluding hydrogens is 286 g/mol. The number of hydrogen-bond donors (Lipinski definition) is 0. The van der Waals surface area contributed by atoms with Gasteiger partial charge in [0.1, 0.15) is 18.7 Å². The summed E-state index contributed by atoms with van der Waals surface area (Å²) in [5.41, 5.74) is 0. The normalized spacial score (nSPS) is 14.5. The number of rotatable bonds is 5. The maximum atomic E-state index is 11.5. The largest absolute Gasteiger partial charge is 0.465 e. The highest BCUT2D eigenvalue weighted by Crippen LogP contribution is 2.33. The summed E-state index contributed by atoms with van der Waals surface area (Å²) in [5.74, 6) is 0.542. The second-order valence-corrected chi connectivity index (χ2v) is 4.71. The number of nitrogens with zero attached hydrogens (tertiary/aromatic N) is 3. The number of anilines is 1. The second kappa shape index (κ2) is 5.44. The molecule has 6 heteroatoms. The van der Waals surface area contributed by atoms with Gasteiger partial charge in [-0.3, -0.25) is 4.79 Å². The Kier molecular flexibility index (Phi) is 3.93. The van der Waals surface area contributed by atoms with Crippen molar-refractivity contribution in [2.24, 2.45) is 0 Å². The number of ether oxygens (including phenoxy) is 1. The second-order valence-electron chi connectivity index (χ2n) is 3.86. The lowest BCUT2D eigenvalue weighted by molar-refractivity contribution is -0.141. The van der Waals surface area contributed by atoms with E-state index in [2.05, 4.69) is 25.9 Å². The Hall–Kier alpha value is -1.17. The van der Waals surface area contributed by atoms with Crippen LogP contribution in [-0.2, 0) is 9.53 Å². The third-order valence-corrected chi connectivity index (χ3v) is 3.07. The van der Waals surface area contributed by atoms with Gasteiger partial charge in [0.25, 0.3) is 0 Å². The Labute approximate surface area is 108 Å². The van der Waals surface area contributed by atoms with Crippen LogP contribution < -0.4 is 4.90 Å². The number of esters is 1. The Morgan fingerprint density at radius 2 is 2.41 bits per heavy atom. The van der Waals surface area contributed by atoms with Crippen LogP contribution in [-0.4, -0.2) is 35.1 Å². The van der Waals surface area contributed by atoms with E-state index in [-0.39, 0.29) is 12.5 Å². The fraction of sp³-hybridized carbons (Fsp3) is 0.545. The number of aromatic nitrogens is 2. The van der Waals surface area contributed by atoms with E-state index < -0.39 is 0 Å². The molecule has 5 nitrogen and oxygen atoms in total. The van der Waals surface area contributed by atoms with Crippen LogP contribution in [0.3, 0.4) is 0 Å². The van der Waals surface area contributed by atoms with E-state index in [0.29, 0.717) is 12.6 Å². The lowest BCUT2D eigenvalue weighted by atomic mass is 10.4.